The Morgan fingerprint density at radius 2 is 1.80 bits per heavy atom. The molecule has 0 spiro atoms. The van der Waals surface area contributed by atoms with Crippen LogP contribution in [0, 0.1) is 6.92 Å². The van der Waals surface area contributed by atoms with Gasteiger partial charge in [0.1, 0.15) is 0 Å². The molecule has 0 N–H and O–H groups in total. The molecule has 0 aliphatic carbocycles. The first kappa shape index (κ1) is 16.2. The molecule has 1 atom stereocenters. The van der Waals surface area contributed by atoms with Crippen LogP contribution in [-0.4, -0.2) is 17.8 Å². The predicted molar refractivity (Wildman–Crippen MR) is 91.6 cm³/mol. The van der Waals surface area contributed by atoms with Crippen LogP contribution in [0.15, 0.2) is 48.5 Å². The van der Waals surface area contributed by atoms with E-state index in [0.29, 0.717) is 13.2 Å². The highest BCUT2D eigenvalue weighted by atomic mass is 19.4. The van der Waals surface area contributed by atoms with Crippen LogP contribution < -0.4 is 0 Å². The minimum Gasteiger partial charge on any atom is -0.379 e. The number of rotatable bonds is 2. The van der Waals surface area contributed by atoms with Gasteiger partial charge in [-0.25, -0.2) is 0 Å². The van der Waals surface area contributed by atoms with Crippen LogP contribution in [0.2, 0.25) is 0 Å². The van der Waals surface area contributed by atoms with E-state index in [1.807, 2.05) is 6.92 Å². The molecule has 25 heavy (non-hydrogen) atoms. The van der Waals surface area contributed by atoms with Gasteiger partial charge in [0.05, 0.1) is 18.2 Å². The maximum Gasteiger partial charge on any atom is 0.416 e. The Hall–Kier alpha value is -2.27. The van der Waals surface area contributed by atoms with E-state index in [2.05, 4.69) is 28.8 Å². The zero-order valence-corrected chi connectivity index (χ0v) is 13.8. The van der Waals surface area contributed by atoms with E-state index in [9.17, 15) is 13.2 Å². The summed E-state index contributed by atoms with van der Waals surface area (Å²) in [5, 5.41) is 1.10. The molecule has 2 heterocycles. The van der Waals surface area contributed by atoms with Crippen molar-refractivity contribution in [3.05, 3.63) is 59.7 Å². The number of aromatic nitrogens is 1. The molecule has 1 aliphatic heterocycles. The second-order valence-corrected chi connectivity index (χ2v) is 6.55. The van der Waals surface area contributed by atoms with Gasteiger partial charge in [0.25, 0.3) is 0 Å². The van der Waals surface area contributed by atoms with Gasteiger partial charge in [0.15, 0.2) is 0 Å². The first-order valence-corrected chi connectivity index (χ1v) is 8.30. The summed E-state index contributed by atoms with van der Waals surface area (Å²) in [6.45, 7) is 3.38. The third-order valence-electron chi connectivity index (χ3n) is 4.77. The zero-order chi connectivity index (χ0) is 17.6. The van der Waals surface area contributed by atoms with Crippen molar-refractivity contribution in [1.82, 2.24) is 4.57 Å². The van der Waals surface area contributed by atoms with Crippen LogP contribution >= 0.6 is 0 Å². The van der Waals surface area contributed by atoms with E-state index in [1.54, 1.807) is 12.1 Å². The Balaban J connectivity index is 1.87. The quantitative estimate of drug-likeness (QED) is 0.590. The molecule has 2 nitrogen and oxygen atoms in total. The number of fused-ring (bicyclic) bond motifs is 1. The topological polar surface area (TPSA) is 14.2 Å². The lowest BCUT2D eigenvalue weighted by molar-refractivity contribution is -0.137. The molecule has 1 fully saturated rings. The fraction of sp³-hybridized carbons (Fsp3) is 0.300. The van der Waals surface area contributed by atoms with Gasteiger partial charge in [0.2, 0.25) is 0 Å². The number of hydrogen-bond acceptors (Lipinski definition) is 1. The van der Waals surface area contributed by atoms with Gasteiger partial charge in [-0.1, -0.05) is 23.8 Å². The Labute approximate surface area is 143 Å². The van der Waals surface area contributed by atoms with Crippen molar-refractivity contribution >= 4 is 10.9 Å². The molecule has 0 bridgehead atoms. The van der Waals surface area contributed by atoms with E-state index >= 15 is 0 Å². The van der Waals surface area contributed by atoms with Gasteiger partial charge in [0, 0.05) is 23.2 Å². The number of halogens is 3. The van der Waals surface area contributed by atoms with Gasteiger partial charge in [-0.05, 0) is 49.2 Å². The molecule has 4 rings (SSSR count). The zero-order valence-electron chi connectivity index (χ0n) is 13.8. The molecule has 2 aromatic carbocycles. The van der Waals surface area contributed by atoms with E-state index < -0.39 is 11.7 Å². The molecule has 1 aromatic heterocycles. The van der Waals surface area contributed by atoms with E-state index in [-0.39, 0.29) is 6.04 Å². The van der Waals surface area contributed by atoms with Crippen molar-refractivity contribution in [3.63, 3.8) is 0 Å². The average molecular weight is 345 g/mol. The van der Waals surface area contributed by atoms with E-state index in [1.165, 1.54) is 0 Å². The van der Waals surface area contributed by atoms with Gasteiger partial charge in [-0.2, -0.15) is 13.2 Å². The van der Waals surface area contributed by atoms with Crippen LogP contribution in [-0.2, 0) is 10.9 Å². The van der Waals surface area contributed by atoms with E-state index in [4.69, 9.17) is 4.74 Å². The first-order valence-electron chi connectivity index (χ1n) is 8.30. The van der Waals surface area contributed by atoms with Crippen molar-refractivity contribution in [2.75, 3.05) is 13.2 Å². The molecule has 0 radical (unpaired) electrons. The smallest absolute Gasteiger partial charge is 0.379 e. The average Bonchev–Trinajstić information content (AvgIpc) is 3.20. The van der Waals surface area contributed by atoms with Crippen LogP contribution in [0.3, 0.4) is 0 Å². The van der Waals surface area contributed by atoms with Crippen molar-refractivity contribution in [1.29, 1.82) is 0 Å². The largest absolute Gasteiger partial charge is 0.416 e. The van der Waals surface area contributed by atoms with Crippen molar-refractivity contribution in [3.8, 4) is 11.3 Å². The standard InChI is InChI=1S/C20H18F3NO/c1-13-2-7-18-15(10-13)11-19(24(18)17-8-9-25-12-17)14-3-5-16(6-4-14)20(21,22)23/h2-7,10-11,17H,8-9,12H2,1H3/t17-/m1/s1. The Morgan fingerprint density at radius 1 is 1.04 bits per heavy atom. The number of hydrogen-bond donors (Lipinski definition) is 0. The Bertz CT molecular complexity index is 903. The highest BCUT2D eigenvalue weighted by Gasteiger charge is 2.30. The predicted octanol–water partition coefficient (Wildman–Crippen LogP) is 5.60. The Morgan fingerprint density at radius 3 is 2.44 bits per heavy atom. The molecule has 0 amide bonds. The molecule has 0 unspecified atom stereocenters. The summed E-state index contributed by atoms with van der Waals surface area (Å²) in [6.07, 6.45) is -3.41. The number of aryl methyl sites for hydroxylation is 1. The number of benzene rings is 2. The summed E-state index contributed by atoms with van der Waals surface area (Å²) in [5.74, 6) is 0. The summed E-state index contributed by atoms with van der Waals surface area (Å²) in [6, 6.07) is 13.9. The van der Waals surface area contributed by atoms with Crippen LogP contribution in [0.4, 0.5) is 13.2 Å². The molecular formula is C20H18F3NO. The second kappa shape index (κ2) is 5.92. The van der Waals surface area contributed by atoms with E-state index in [0.717, 1.165) is 46.3 Å². The van der Waals surface area contributed by atoms with Crippen LogP contribution in [0.1, 0.15) is 23.6 Å². The molecule has 5 heteroatoms. The highest BCUT2D eigenvalue weighted by molar-refractivity contribution is 5.88. The summed E-state index contributed by atoms with van der Waals surface area (Å²) < 4.78 is 46.3. The van der Waals surface area contributed by atoms with Crippen molar-refractivity contribution < 1.29 is 17.9 Å². The fourth-order valence-electron chi connectivity index (χ4n) is 3.53. The molecule has 130 valence electrons. The van der Waals surface area contributed by atoms with Gasteiger partial charge in [-0.3, -0.25) is 0 Å². The van der Waals surface area contributed by atoms with Crippen LogP contribution in [0.5, 0.6) is 0 Å². The van der Waals surface area contributed by atoms with Crippen molar-refractivity contribution in [2.45, 2.75) is 25.6 Å². The number of nitrogens with zero attached hydrogens (tertiary/aromatic N) is 1. The summed E-state index contributed by atoms with van der Waals surface area (Å²) in [4.78, 5) is 0. The maximum atomic E-state index is 12.8. The third-order valence-corrected chi connectivity index (χ3v) is 4.77. The third kappa shape index (κ3) is 2.93. The summed E-state index contributed by atoms with van der Waals surface area (Å²) in [5.41, 5.74) is 3.35. The maximum absolute atomic E-state index is 12.8. The van der Waals surface area contributed by atoms with Crippen LogP contribution in [0.25, 0.3) is 22.2 Å². The minimum atomic E-state index is -4.32. The lowest BCUT2D eigenvalue weighted by Crippen LogP contribution is -2.10. The SMILES string of the molecule is Cc1ccc2c(c1)cc(-c1ccc(C(F)(F)F)cc1)n2[C@@H]1CCOC1. The highest BCUT2D eigenvalue weighted by Crippen LogP contribution is 2.36. The first-order chi connectivity index (χ1) is 11.9. The molecule has 1 saturated heterocycles. The van der Waals surface area contributed by atoms with Gasteiger partial charge in [-0.15, -0.1) is 0 Å². The monoisotopic (exact) mass is 345 g/mol. The molecule has 1 aliphatic rings. The second-order valence-electron chi connectivity index (χ2n) is 6.55. The van der Waals surface area contributed by atoms with Gasteiger partial charge >= 0.3 is 6.18 Å². The van der Waals surface area contributed by atoms with Crippen molar-refractivity contribution in [2.24, 2.45) is 0 Å². The molecular weight excluding hydrogens is 327 g/mol. The summed E-state index contributed by atoms with van der Waals surface area (Å²) >= 11 is 0. The fourth-order valence-corrected chi connectivity index (χ4v) is 3.53. The molecule has 3 aromatic rings. The minimum absolute atomic E-state index is 0.206. The summed E-state index contributed by atoms with van der Waals surface area (Å²) in [7, 11) is 0. The molecule has 0 saturated carbocycles. The lowest BCUT2D eigenvalue weighted by Gasteiger charge is -2.17. The lowest BCUT2D eigenvalue weighted by atomic mass is 10.1. The normalized spacial score (nSPS) is 18.2. The number of ether oxygens (including phenoxy) is 1. The Kier molecular flexibility index (Phi) is 3.84. The van der Waals surface area contributed by atoms with Gasteiger partial charge < -0.3 is 9.30 Å². The number of alkyl halides is 3.